The van der Waals surface area contributed by atoms with E-state index in [1.165, 1.54) is 12.8 Å². The minimum absolute atomic E-state index is 0.0218. The van der Waals surface area contributed by atoms with Crippen molar-refractivity contribution >= 4 is 0 Å². The third-order valence-corrected chi connectivity index (χ3v) is 3.05. The summed E-state index contributed by atoms with van der Waals surface area (Å²) in [6, 6.07) is 0. The normalized spacial score (nSPS) is 18.2. The number of methoxy groups -OCH3 is 1. The van der Waals surface area contributed by atoms with Crippen molar-refractivity contribution < 1.29 is 4.74 Å². The first kappa shape index (κ1) is 12.9. The van der Waals surface area contributed by atoms with Crippen molar-refractivity contribution in [2.45, 2.75) is 52.0 Å². The molecule has 2 nitrogen and oxygen atoms in total. The van der Waals surface area contributed by atoms with E-state index in [2.05, 4.69) is 20.8 Å². The van der Waals surface area contributed by atoms with E-state index in [4.69, 9.17) is 10.5 Å². The molecule has 13 heavy (non-hydrogen) atoms. The highest BCUT2D eigenvalue weighted by Gasteiger charge is 2.28. The minimum Gasteiger partial charge on any atom is -0.384 e. The Kier molecular flexibility index (Phi) is 6.35. The molecule has 2 unspecified atom stereocenters. The third kappa shape index (κ3) is 4.10. The van der Waals surface area contributed by atoms with Gasteiger partial charge in [0.15, 0.2) is 0 Å². The summed E-state index contributed by atoms with van der Waals surface area (Å²) >= 11 is 0. The second-order valence-corrected chi connectivity index (χ2v) is 4.05. The van der Waals surface area contributed by atoms with Crippen LogP contribution in [-0.4, -0.2) is 19.3 Å². The van der Waals surface area contributed by atoms with Crippen molar-refractivity contribution in [3.05, 3.63) is 0 Å². The summed E-state index contributed by atoms with van der Waals surface area (Å²) in [5.41, 5.74) is 6.31. The number of unbranched alkanes of at least 4 members (excludes halogenated alkanes) is 1. The second kappa shape index (κ2) is 6.39. The summed E-state index contributed by atoms with van der Waals surface area (Å²) in [6.07, 6.45) is 4.60. The lowest BCUT2D eigenvalue weighted by atomic mass is 9.80. The first-order valence-corrected chi connectivity index (χ1v) is 5.38. The Hall–Kier alpha value is -0.0800. The van der Waals surface area contributed by atoms with Crippen LogP contribution < -0.4 is 5.73 Å². The van der Waals surface area contributed by atoms with Crippen molar-refractivity contribution in [2.75, 3.05) is 13.7 Å². The molecular formula is C11H25NO. The van der Waals surface area contributed by atoms with Crippen molar-refractivity contribution in [2.24, 2.45) is 11.7 Å². The molecule has 0 bridgehead atoms. The maximum absolute atomic E-state index is 6.33. The molecular weight excluding hydrogens is 162 g/mol. The molecule has 0 amide bonds. The summed E-state index contributed by atoms with van der Waals surface area (Å²) in [4.78, 5) is 0. The van der Waals surface area contributed by atoms with Gasteiger partial charge in [-0.15, -0.1) is 0 Å². The highest BCUT2D eigenvalue weighted by Crippen LogP contribution is 2.24. The van der Waals surface area contributed by atoms with Crippen LogP contribution in [0.5, 0.6) is 0 Å². The lowest BCUT2D eigenvalue weighted by molar-refractivity contribution is 0.107. The minimum atomic E-state index is -0.0218. The van der Waals surface area contributed by atoms with Gasteiger partial charge in [0.2, 0.25) is 0 Å². The summed E-state index contributed by atoms with van der Waals surface area (Å²) in [5.74, 6) is 0.453. The van der Waals surface area contributed by atoms with Gasteiger partial charge in [-0.05, 0) is 18.8 Å². The average Bonchev–Trinajstić information content (AvgIpc) is 2.14. The number of ether oxygens (including phenoxy) is 1. The highest BCUT2D eigenvalue weighted by atomic mass is 16.5. The smallest absolute Gasteiger partial charge is 0.0505 e. The molecule has 0 heterocycles. The van der Waals surface area contributed by atoms with Crippen LogP contribution in [0.4, 0.5) is 0 Å². The largest absolute Gasteiger partial charge is 0.384 e. The lowest BCUT2D eigenvalue weighted by Crippen LogP contribution is -2.47. The van der Waals surface area contributed by atoms with E-state index >= 15 is 0 Å². The summed E-state index contributed by atoms with van der Waals surface area (Å²) in [7, 11) is 1.74. The molecule has 0 spiro atoms. The Morgan fingerprint density at radius 3 is 2.38 bits per heavy atom. The molecule has 0 saturated heterocycles. The number of hydrogen-bond acceptors (Lipinski definition) is 2. The van der Waals surface area contributed by atoms with E-state index in [9.17, 15) is 0 Å². The Morgan fingerprint density at radius 1 is 1.38 bits per heavy atom. The van der Waals surface area contributed by atoms with E-state index in [1.807, 2.05) is 0 Å². The quantitative estimate of drug-likeness (QED) is 0.665. The van der Waals surface area contributed by atoms with Gasteiger partial charge >= 0.3 is 0 Å². The van der Waals surface area contributed by atoms with Crippen LogP contribution in [0.25, 0.3) is 0 Å². The van der Waals surface area contributed by atoms with E-state index in [1.54, 1.807) is 7.11 Å². The fourth-order valence-electron chi connectivity index (χ4n) is 1.69. The highest BCUT2D eigenvalue weighted by molar-refractivity contribution is 4.87. The van der Waals surface area contributed by atoms with Gasteiger partial charge in [0.1, 0.15) is 0 Å². The SMILES string of the molecule is CCCCC(N)(CC)C(C)COC. The molecule has 2 atom stereocenters. The number of hydrogen-bond donors (Lipinski definition) is 1. The van der Waals surface area contributed by atoms with Crippen LogP contribution in [0.1, 0.15) is 46.5 Å². The Balaban J connectivity index is 4.07. The molecule has 0 aromatic rings. The van der Waals surface area contributed by atoms with E-state index in [0.717, 1.165) is 19.4 Å². The predicted molar refractivity (Wildman–Crippen MR) is 57.8 cm³/mol. The fourth-order valence-corrected chi connectivity index (χ4v) is 1.69. The number of rotatable bonds is 7. The predicted octanol–water partition coefficient (Wildman–Crippen LogP) is 2.57. The Bertz CT molecular complexity index is 127. The van der Waals surface area contributed by atoms with Gasteiger partial charge in [-0.2, -0.15) is 0 Å². The van der Waals surface area contributed by atoms with Gasteiger partial charge in [0, 0.05) is 12.6 Å². The molecule has 0 radical (unpaired) electrons. The molecule has 0 aliphatic carbocycles. The van der Waals surface area contributed by atoms with Gasteiger partial charge in [0.25, 0.3) is 0 Å². The molecule has 2 heteroatoms. The molecule has 0 rings (SSSR count). The second-order valence-electron chi connectivity index (χ2n) is 4.05. The molecule has 0 aromatic carbocycles. The van der Waals surface area contributed by atoms with Gasteiger partial charge in [-0.3, -0.25) is 0 Å². The van der Waals surface area contributed by atoms with Crippen molar-refractivity contribution in [3.8, 4) is 0 Å². The summed E-state index contributed by atoms with van der Waals surface area (Å²) in [5, 5.41) is 0. The lowest BCUT2D eigenvalue weighted by Gasteiger charge is -2.34. The zero-order chi connectivity index (χ0) is 10.3. The topological polar surface area (TPSA) is 35.2 Å². The first-order valence-electron chi connectivity index (χ1n) is 5.38. The average molecular weight is 187 g/mol. The van der Waals surface area contributed by atoms with Crippen LogP contribution in [-0.2, 0) is 4.74 Å². The Labute approximate surface area is 82.8 Å². The molecule has 0 saturated carbocycles. The zero-order valence-electron chi connectivity index (χ0n) is 9.60. The van der Waals surface area contributed by atoms with Crippen LogP contribution in [0, 0.1) is 5.92 Å². The first-order chi connectivity index (χ1) is 6.10. The number of nitrogens with two attached hydrogens (primary N) is 1. The van der Waals surface area contributed by atoms with Crippen LogP contribution in [0.2, 0.25) is 0 Å². The van der Waals surface area contributed by atoms with E-state index < -0.39 is 0 Å². The summed E-state index contributed by atoms with van der Waals surface area (Å²) < 4.78 is 5.15. The van der Waals surface area contributed by atoms with Gasteiger partial charge < -0.3 is 10.5 Å². The van der Waals surface area contributed by atoms with Crippen LogP contribution in [0.3, 0.4) is 0 Å². The summed E-state index contributed by atoms with van der Waals surface area (Å²) in [6.45, 7) is 7.33. The molecule has 2 N–H and O–H groups in total. The standard InChI is InChI=1S/C11H25NO/c1-5-7-8-11(12,6-2)10(3)9-13-4/h10H,5-9,12H2,1-4H3. The van der Waals surface area contributed by atoms with Gasteiger partial charge in [-0.1, -0.05) is 33.6 Å². The van der Waals surface area contributed by atoms with Crippen molar-refractivity contribution in [1.29, 1.82) is 0 Å². The van der Waals surface area contributed by atoms with Crippen molar-refractivity contribution in [1.82, 2.24) is 0 Å². The van der Waals surface area contributed by atoms with Crippen LogP contribution >= 0.6 is 0 Å². The zero-order valence-corrected chi connectivity index (χ0v) is 9.60. The molecule has 0 aromatic heterocycles. The molecule has 0 aliphatic heterocycles. The maximum Gasteiger partial charge on any atom is 0.0505 e. The van der Waals surface area contributed by atoms with Gasteiger partial charge in [0.05, 0.1) is 6.61 Å². The molecule has 80 valence electrons. The van der Waals surface area contributed by atoms with Crippen molar-refractivity contribution in [3.63, 3.8) is 0 Å². The maximum atomic E-state index is 6.33. The third-order valence-electron chi connectivity index (χ3n) is 3.05. The van der Waals surface area contributed by atoms with Crippen LogP contribution in [0.15, 0.2) is 0 Å². The van der Waals surface area contributed by atoms with E-state index in [-0.39, 0.29) is 5.54 Å². The van der Waals surface area contributed by atoms with E-state index in [0.29, 0.717) is 5.92 Å². The van der Waals surface area contributed by atoms with Gasteiger partial charge in [-0.25, -0.2) is 0 Å². The molecule has 0 aliphatic rings. The Morgan fingerprint density at radius 2 is 2.00 bits per heavy atom. The monoisotopic (exact) mass is 187 g/mol. The molecule has 0 fully saturated rings. The fraction of sp³-hybridized carbons (Fsp3) is 1.00.